The number of rotatable bonds is 9. The number of unbranched alkanes of at least 4 members (excludes halogenated alkanes) is 4. The number of benzene rings is 1. The van der Waals surface area contributed by atoms with Crippen LogP contribution in [-0.2, 0) is 4.79 Å². The Hall–Kier alpha value is -2.17. The van der Waals surface area contributed by atoms with Gasteiger partial charge in [-0.3, -0.25) is 0 Å². The number of alkyl halides is 2. The predicted octanol–water partition coefficient (Wildman–Crippen LogP) is 5.12. The highest BCUT2D eigenvalue weighted by Gasteiger charge is 2.51. The van der Waals surface area contributed by atoms with Crippen LogP contribution >= 0.6 is 0 Å². The van der Waals surface area contributed by atoms with Gasteiger partial charge < -0.3 is 9.84 Å². The quantitative estimate of drug-likeness (QED) is 0.629. The summed E-state index contributed by atoms with van der Waals surface area (Å²) in [4.78, 5) is 11.3. The van der Waals surface area contributed by atoms with Gasteiger partial charge in [0.1, 0.15) is 5.75 Å². The summed E-state index contributed by atoms with van der Waals surface area (Å²) in [6.45, 7) is 2.76. The number of hydrogen-bond donors (Lipinski definition) is 1. The van der Waals surface area contributed by atoms with E-state index in [1.165, 1.54) is 31.4 Å². The topological polar surface area (TPSA) is 46.5 Å². The zero-order valence-electron chi connectivity index (χ0n) is 14.4. The summed E-state index contributed by atoms with van der Waals surface area (Å²) in [5, 5.41) is 9.14. The van der Waals surface area contributed by atoms with Gasteiger partial charge in [-0.15, -0.1) is 0 Å². The van der Waals surface area contributed by atoms with Crippen LogP contribution in [0.1, 0.15) is 44.6 Å². The van der Waals surface area contributed by atoms with Crippen molar-refractivity contribution in [3.8, 4) is 5.75 Å². The van der Waals surface area contributed by atoms with E-state index in [0.717, 1.165) is 18.9 Å². The van der Waals surface area contributed by atoms with Crippen molar-refractivity contribution in [2.45, 2.75) is 50.9 Å². The fraction of sp³-hybridized carbons (Fsp3) is 0.450. The van der Waals surface area contributed by atoms with E-state index in [0.29, 0.717) is 17.9 Å². The standard InChI is InChI=1S/C20H24F2O3/c1-2-3-4-5-6-14-25-16-12-10-15(11-13-16)17-8-7-9-18(21)20(17,22)19(23)24/h7-13,18H,2-6,14H2,1H3,(H,23,24). The van der Waals surface area contributed by atoms with Crippen molar-refractivity contribution in [3.05, 3.63) is 48.1 Å². The van der Waals surface area contributed by atoms with Crippen LogP contribution in [0, 0.1) is 0 Å². The molecule has 0 spiro atoms. The number of allylic oxidation sites excluding steroid dienone is 3. The van der Waals surface area contributed by atoms with Gasteiger partial charge in [-0.2, -0.15) is 0 Å². The molecule has 2 unspecified atom stereocenters. The molecule has 0 bridgehead atoms. The first-order valence-electron chi connectivity index (χ1n) is 8.68. The molecule has 136 valence electrons. The number of aliphatic carboxylic acids is 1. The van der Waals surface area contributed by atoms with Crippen LogP contribution < -0.4 is 4.74 Å². The third-order valence-corrected chi connectivity index (χ3v) is 4.31. The molecule has 1 aliphatic carbocycles. The highest BCUT2D eigenvalue weighted by atomic mass is 19.2. The van der Waals surface area contributed by atoms with Gasteiger partial charge in [0, 0.05) is 5.57 Å². The van der Waals surface area contributed by atoms with Crippen molar-refractivity contribution in [1.82, 2.24) is 0 Å². The van der Waals surface area contributed by atoms with Gasteiger partial charge in [0.2, 0.25) is 0 Å². The summed E-state index contributed by atoms with van der Waals surface area (Å²) >= 11 is 0. The Morgan fingerprint density at radius 2 is 1.88 bits per heavy atom. The van der Waals surface area contributed by atoms with E-state index in [1.807, 2.05) is 0 Å². The van der Waals surface area contributed by atoms with Crippen LogP contribution in [0.4, 0.5) is 8.78 Å². The molecule has 0 saturated heterocycles. The van der Waals surface area contributed by atoms with Crippen LogP contribution in [-0.4, -0.2) is 29.5 Å². The third-order valence-electron chi connectivity index (χ3n) is 4.31. The molecule has 1 N–H and O–H groups in total. The van der Waals surface area contributed by atoms with Crippen molar-refractivity contribution in [1.29, 1.82) is 0 Å². The second-order valence-corrected chi connectivity index (χ2v) is 6.17. The van der Waals surface area contributed by atoms with Gasteiger partial charge in [-0.1, -0.05) is 56.9 Å². The van der Waals surface area contributed by atoms with Crippen LogP contribution in [0.25, 0.3) is 5.57 Å². The molecule has 25 heavy (non-hydrogen) atoms. The van der Waals surface area contributed by atoms with Crippen LogP contribution in [0.15, 0.2) is 42.5 Å². The van der Waals surface area contributed by atoms with Crippen molar-refractivity contribution in [3.63, 3.8) is 0 Å². The average Bonchev–Trinajstić information content (AvgIpc) is 2.61. The van der Waals surface area contributed by atoms with Crippen molar-refractivity contribution < 1.29 is 23.4 Å². The van der Waals surface area contributed by atoms with E-state index < -0.39 is 17.8 Å². The first kappa shape index (κ1) is 19.2. The van der Waals surface area contributed by atoms with Crippen LogP contribution in [0.3, 0.4) is 0 Å². The van der Waals surface area contributed by atoms with Crippen LogP contribution in [0.5, 0.6) is 5.75 Å². The lowest BCUT2D eigenvalue weighted by atomic mass is 9.82. The lowest BCUT2D eigenvalue weighted by Gasteiger charge is -2.28. The first-order valence-corrected chi connectivity index (χ1v) is 8.68. The highest BCUT2D eigenvalue weighted by Crippen LogP contribution is 2.39. The zero-order chi connectivity index (χ0) is 18.3. The molecule has 2 rings (SSSR count). The maximum atomic E-state index is 14.8. The second kappa shape index (κ2) is 8.79. The number of carbonyl (C=O) groups is 1. The number of halogens is 2. The fourth-order valence-electron chi connectivity index (χ4n) is 2.82. The van der Waals surface area contributed by atoms with E-state index in [2.05, 4.69) is 6.92 Å². The molecule has 1 aromatic rings. The van der Waals surface area contributed by atoms with E-state index in [9.17, 15) is 13.6 Å². The minimum Gasteiger partial charge on any atom is -0.494 e. The van der Waals surface area contributed by atoms with E-state index in [-0.39, 0.29) is 5.57 Å². The van der Waals surface area contributed by atoms with Gasteiger partial charge >= 0.3 is 5.97 Å². The van der Waals surface area contributed by atoms with Gasteiger partial charge in [0.15, 0.2) is 6.17 Å². The lowest BCUT2D eigenvalue weighted by molar-refractivity contribution is -0.149. The SMILES string of the molecule is CCCCCCCOc1ccc(C2=CC=CC(F)C2(F)C(=O)O)cc1. The Morgan fingerprint density at radius 1 is 1.20 bits per heavy atom. The number of carboxylic acids is 1. The number of hydrogen-bond acceptors (Lipinski definition) is 2. The smallest absolute Gasteiger partial charge is 0.349 e. The molecule has 0 radical (unpaired) electrons. The summed E-state index contributed by atoms with van der Waals surface area (Å²) in [7, 11) is 0. The van der Waals surface area contributed by atoms with E-state index in [4.69, 9.17) is 9.84 Å². The number of carboxylic acid groups (broad SMARTS) is 1. The molecule has 5 heteroatoms. The molecule has 3 nitrogen and oxygen atoms in total. The summed E-state index contributed by atoms with van der Waals surface area (Å²) in [6.07, 6.45) is 7.02. The maximum absolute atomic E-state index is 14.8. The summed E-state index contributed by atoms with van der Waals surface area (Å²) in [6, 6.07) is 6.41. The predicted molar refractivity (Wildman–Crippen MR) is 94.2 cm³/mol. The van der Waals surface area contributed by atoms with E-state index in [1.54, 1.807) is 24.3 Å². The average molecular weight is 350 g/mol. The van der Waals surface area contributed by atoms with Gasteiger partial charge in [-0.25, -0.2) is 13.6 Å². The largest absolute Gasteiger partial charge is 0.494 e. The molecule has 0 saturated carbocycles. The van der Waals surface area contributed by atoms with Gasteiger partial charge in [0.25, 0.3) is 5.67 Å². The zero-order valence-corrected chi connectivity index (χ0v) is 14.4. The molecular formula is C20H24F2O3. The Morgan fingerprint density at radius 3 is 2.52 bits per heavy atom. The Bertz CT molecular complexity index is 637. The summed E-state index contributed by atoms with van der Waals surface area (Å²) < 4.78 is 34.3. The van der Waals surface area contributed by atoms with Crippen molar-refractivity contribution >= 4 is 11.5 Å². The molecule has 1 aliphatic rings. The molecule has 0 aliphatic heterocycles. The van der Waals surface area contributed by atoms with Crippen molar-refractivity contribution in [2.24, 2.45) is 0 Å². The minimum absolute atomic E-state index is 0.193. The molecule has 2 atom stereocenters. The van der Waals surface area contributed by atoms with Gasteiger partial charge in [-0.05, 0) is 30.2 Å². The fourth-order valence-corrected chi connectivity index (χ4v) is 2.82. The normalized spacial score (nSPS) is 22.5. The van der Waals surface area contributed by atoms with Crippen molar-refractivity contribution in [2.75, 3.05) is 6.61 Å². The van der Waals surface area contributed by atoms with Gasteiger partial charge in [0.05, 0.1) is 6.61 Å². The molecule has 0 heterocycles. The lowest BCUT2D eigenvalue weighted by Crippen LogP contribution is -2.44. The Balaban J connectivity index is 2.00. The Labute approximate surface area is 147 Å². The first-order chi connectivity index (χ1) is 12.0. The minimum atomic E-state index is -3.07. The molecule has 1 aromatic carbocycles. The second-order valence-electron chi connectivity index (χ2n) is 6.17. The molecular weight excluding hydrogens is 326 g/mol. The van der Waals surface area contributed by atoms with Crippen LogP contribution in [0.2, 0.25) is 0 Å². The molecule has 0 amide bonds. The maximum Gasteiger partial charge on any atom is 0.349 e. The monoisotopic (exact) mass is 350 g/mol. The third kappa shape index (κ3) is 4.47. The highest BCUT2D eigenvalue weighted by molar-refractivity contribution is 5.97. The molecule has 0 aromatic heterocycles. The van der Waals surface area contributed by atoms with E-state index >= 15 is 0 Å². The Kier molecular flexibility index (Phi) is 6.73. The summed E-state index contributed by atoms with van der Waals surface area (Å²) in [5.41, 5.74) is -2.94. The summed E-state index contributed by atoms with van der Waals surface area (Å²) in [5.74, 6) is -1.20. The number of ether oxygens (including phenoxy) is 1. The molecule has 0 fully saturated rings.